The first kappa shape index (κ1) is 14.1. The molecule has 1 amide bonds. The van der Waals surface area contributed by atoms with E-state index in [1.807, 2.05) is 60.3 Å². The van der Waals surface area contributed by atoms with Crippen molar-refractivity contribution in [3.8, 4) is 11.5 Å². The van der Waals surface area contributed by atoms with E-state index in [4.69, 9.17) is 0 Å². The van der Waals surface area contributed by atoms with E-state index in [1.54, 1.807) is 29.9 Å². The van der Waals surface area contributed by atoms with Crippen molar-refractivity contribution >= 4 is 5.91 Å². The summed E-state index contributed by atoms with van der Waals surface area (Å²) in [5.74, 6) is 0.678. The number of benzene rings is 1. The molecule has 0 aliphatic heterocycles. The van der Waals surface area contributed by atoms with Gasteiger partial charge < -0.3 is 9.47 Å². The summed E-state index contributed by atoms with van der Waals surface area (Å²) in [6, 6.07) is 11.9. The van der Waals surface area contributed by atoms with Gasteiger partial charge in [-0.15, -0.1) is 0 Å². The van der Waals surface area contributed by atoms with E-state index in [0.717, 1.165) is 17.1 Å². The van der Waals surface area contributed by atoms with Crippen LogP contribution in [0.3, 0.4) is 0 Å². The van der Waals surface area contributed by atoms with Gasteiger partial charge in [0.25, 0.3) is 5.91 Å². The van der Waals surface area contributed by atoms with Gasteiger partial charge in [-0.25, -0.2) is 4.68 Å². The minimum absolute atomic E-state index is 0.0670. The van der Waals surface area contributed by atoms with Crippen LogP contribution in [0.25, 0.3) is 11.5 Å². The Bertz CT molecular complexity index is 800. The summed E-state index contributed by atoms with van der Waals surface area (Å²) >= 11 is 0. The summed E-state index contributed by atoms with van der Waals surface area (Å²) in [6.07, 6.45) is 5.45. The maximum absolute atomic E-state index is 12.4. The fourth-order valence-electron chi connectivity index (χ4n) is 2.41. The lowest BCUT2D eigenvalue weighted by Gasteiger charge is -2.13. The lowest BCUT2D eigenvalue weighted by Crippen LogP contribution is -2.23. The average Bonchev–Trinajstić information content (AvgIpc) is 3.15. The Morgan fingerprint density at radius 2 is 1.86 bits per heavy atom. The van der Waals surface area contributed by atoms with E-state index in [-0.39, 0.29) is 5.91 Å². The van der Waals surface area contributed by atoms with E-state index in [1.165, 1.54) is 0 Å². The first-order valence-corrected chi connectivity index (χ1v) is 7.08. The average molecular weight is 294 g/mol. The number of rotatable bonds is 3. The summed E-state index contributed by atoms with van der Waals surface area (Å²) in [4.78, 5) is 14.0. The van der Waals surface area contributed by atoms with Gasteiger partial charge in [0.15, 0.2) is 5.82 Å². The van der Waals surface area contributed by atoms with E-state index in [2.05, 4.69) is 5.10 Å². The van der Waals surface area contributed by atoms with Gasteiger partial charge in [0.05, 0.1) is 11.9 Å². The van der Waals surface area contributed by atoms with Crippen molar-refractivity contribution in [1.29, 1.82) is 0 Å². The molecule has 0 unspecified atom stereocenters. The molecule has 112 valence electrons. The third kappa shape index (κ3) is 2.41. The van der Waals surface area contributed by atoms with E-state index in [0.29, 0.717) is 5.56 Å². The van der Waals surface area contributed by atoms with Gasteiger partial charge in [0, 0.05) is 26.5 Å². The van der Waals surface area contributed by atoms with Crippen LogP contribution in [0.2, 0.25) is 0 Å². The molecule has 22 heavy (non-hydrogen) atoms. The van der Waals surface area contributed by atoms with Gasteiger partial charge in [-0.1, -0.05) is 12.1 Å². The first-order chi connectivity index (χ1) is 10.6. The van der Waals surface area contributed by atoms with E-state index < -0.39 is 0 Å². The second-order valence-corrected chi connectivity index (χ2v) is 5.42. The first-order valence-electron chi connectivity index (χ1n) is 7.08. The molecule has 0 atom stereocenters. The Morgan fingerprint density at radius 1 is 1.14 bits per heavy atom. The van der Waals surface area contributed by atoms with Crippen LogP contribution in [0.5, 0.6) is 0 Å². The Kier molecular flexibility index (Phi) is 3.55. The summed E-state index contributed by atoms with van der Waals surface area (Å²) in [6.45, 7) is 2.04. The van der Waals surface area contributed by atoms with Crippen molar-refractivity contribution in [3.63, 3.8) is 0 Å². The van der Waals surface area contributed by atoms with E-state index >= 15 is 0 Å². The number of carbonyl (C=O) groups is 1. The normalized spacial score (nSPS) is 10.7. The van der Waals surface area contributed by atoms with Crippen LogP contribution >= 0.6 is 0 Å². The van der Waals surface area contributed by atoms with Gasteiger partial charge in [-0.2, -0.15) is 5.10 Å². The predicted molar refractivity (Wildman–Crippen MR) is 85.6 cm³/mol. The maximum Gasteiger partial charge on any atom is 0.258 e. The highest BCUT2D eigenvalue weighted by Gasteiger charge is 2.20. The summed E-state index contributed by atoms with van der Waals surface area (Å²) in [5.41, 5.74) is 2.65. The fraction of sp³-hybridized carbons (Fsp3) is 0.176. The number of nitrogens with zero attached hydrogens (tertiary/aromatic N) is 4. The molecule has 3 rings (SSSR count). The summed E-state index contributed by atoms with van der Waals surface area (Å²) in [5, 5.41) is 4.44. The van der Waals surface area contributed by atoms with Crippen molar-refractivity contribution in [2.24, 2.45) is 0 Å². The minimum atomic E-state index is -0.0670. The molecule has 0 saturated heterocycles. The van der Waals surface area contributed by atoms with Crippen LogP contribution in [0.1, 0.15) is 15.9 Å². The zero-order valence-electron chi connectivity index (χ0n) is 12.9. The second-order valence-electron chi connectivity index (χ2n) is 5.42. The Morgan fingerprint density at radius 3 is 2.50 bits per heavy atom. The van der Waals surface area contributed by atoms with Gasteiger partial charge in [0.2, 0.25) is 0 Å². The number of hydrogen-bond acceptors (Lipinski definition) is 2. The Labute approximate surface area is 129 Å². The monoisotopic (exact) mass is 294 g/mol. The van der Waals surface area contributed by atoms with Gasteiger partial charge in [0.1, 0.15) is 5.56 Å². The van der Waals surface area contributed by atoms with Crippen LogP contribution in [0, 0.1) is 6.92 Å². The summed E-state index contributed by atoms with van der Waals surface area (Å²) in [7, 11) is 3.48. The highest BCUT2D eigenvalue weighted by atomic mass is 16.2. The zero-order valence-corrected chi connectivity index (χ0v) is 12.9. The molecule has 2 heterocycles. The molecular formula is C17H18N4O. The lowest BCUT2D eigenvalue weighted by molar-refractivity contribution is 0.0827. The maximum atomic E-state index is 12.4. The SMILES string of the molecule is Cc1cccc(-n2ncc(C(=O)N(C)C)c2-n2cccc2)c1. The highest BCUT2D eigenvalue weighted by molar-refractivity contribution is 5.97. The van der Waals surface area contributed by atoms with Gasteiger partial charge >= 0.3 is 0 Å². The number of amides is 1. The molecular weight excluding hydrogens is 276 g/mol. The quantitative estimate of drug-likeness (QED) is 0.745. The number of aromatic nitrogens is 3. The lowest BCUT2D eigenvalue weighted by atomic mass is 10.2. The Balaban J connectivity index is 2.22. The van der Waals surface area contributed by atoms with Crippen molar-refractivity contribution in [1.82, 2.24) is 19.2 Å². The topological polar surface area (TPSA) is 43.1 Å². The molecule has 0 aliphatic carbocycles. The van der Waals surface area contributed by atoms with Crippen molar-refractivity contribution in [3.05, 3.63) is 66.1 Å². The van der Waals surface area contributed by atoms with Crippen molar-refractivity contribution < 1.29 is 4.79 Å². The molecule has 0 saturated carbocycles. The third-order valence-corrected chi connectivity index (χ3v) is 3.48. The van der Waals surface area contributed by atoms with Gasteiger partial charge in [-0.3, -0.25) is 4.79 Å². The highest BCUT2D eigenvalue weighted by Crippen LogP contribution is 2.21. The number of hydrogen-bond donors (Lipinski definition) is 0. The Hall–Kier alpha value is -2.82. The fourth-order valence-corrected chi connectivity index (χ4v) is 2.41. The molecule has 5 nitrogen and oxygen atoms in total. The second kappa shape index (κ2) is 5.52. The number of aryl methyl sites for hydroxylation is 1. The van der Waals surface area contributed by atoms with Crippen molar-refractivity contribution in [2.45, 2.75) is 6.92 Å². The zero-order chi connectivity index (χ0) is 15.7. The van der Waals surface area contributed by atoms with Crippen molar-refractivity contribution in [2.75, 3.05) is 14.1 Å². The smallest absolute Gasteiger partial charge is 0.258 e. The molecule has 0 aliphatic rings. The van der Waals surface area contributed by atoms with Gasteiger partial charge in [-0.05, 0) is 36.8 Å². The van der Waals surface area contributed by atoms with E-state index in [9.17, 15) is 4.79 Å². The molecule has 3 aromatic rings. The molecule has 1 aromatic carbocycles. The molecule has 0 N–H and O–H groups in total. The predicted octanol–water partition coefficient (Wildman–Crippen LogP) is 2.67. The molecule has 0 fully saturated rings. The van der Waals surface area contributed by atoms with Crippen LogP contribution in [0.4, 0.5) is 0 Å². The third-order valence-electron chi connectivity index (χ3n) is 3.48. The molecule has 2 aromatic heterocycles. The molecule has 0 spiro atoms. The minimum Gasteiger partial charge on any atom is -0.345 e. The van der Waals surface area contributed by atoms with Crippen LogP contribution in [-0.2, 0) is 0 Å². The van der Waals surface area contributed by atoms with Crippen LogP contribution in [0.15, 0.2) is 55.0 Å². The standard InChI is InChI=1S/C17H18N4O/c1-13-7-6-8-14(11-13)21-16(20-9-4-5-10-20)15(12-18-21)17(22)19(2)3/h4-12H,1-3H3. The van der Waals surface area contributed by atoms with Crippen LogP contribution < -0.4 is 0 Å². The molecule has 0 bridgehead atoms. The van der Waals surface area contributed by atoms with Crippen LogP contribution in [-0.4, -0.2) is 39.3 Å². The largest absolute Gasteiger partial charge is 0.345 e. The number of carbonyl (C=O) groups excluding carboxylic acids is 1. The molecule has 5 heteroatoms. The molecule has 0 radical (unpaired) electrons. The summed E-state index contributed by atoms with van der Waals surface area (Å²) < 4.78 is 3.70.